The number of nitrogens with two attached hydrogens (primary N) is 1. The quantitative estimate of drug-likeness (QED) is 0.892. The van der Waals surface area contributed by atoms with Crippen molar-refractivity contribution in [3.63, 3.8) is 0 Å². The molecule has 1 aliphatic carbocycles. The second-order valence-electron chi connectivity index (χ2n) is 7.49. The number of carbonyl (C=O) groups is 1. The normalized spacial score (nSPS) is 25.1. The molecule has 2 aromatic rings. The summed E-state index contributed by atoms with van der Waals surface area (Å²) in [5, 5.41) is 3.65. The number of nitrogens with zero attached hydrogens (tertiary/aromatic N) is 1. The minimum absolute atomic E-state index is 0.0547. The number of nitrogens with one attached hydrogen (secondary N) is 1. The van der Waals surface area contributed by atoms with E-state index in [1.807, 2.05) is 12.1 Å². The van der Waals surface area contributed by atoms with Crippen LogP contribution in [0, 0.1) is 0 Å². The summed E-state index contributed by atoms with van der Waals surface area (Å²) in [6, 6.07) is 16.7. The van der Waals surface area contributed by atoms with E-state index in [2.05, 4.69) is 53.5 Å². The van der Waals surface area contributed by atoms with Crippen molar-refractivity contribution in [2.45, 2.75) is 37.6 Å². The number of piperazine rings is 1. The van der Waals surface area contributed by atoms with Gasteiger partial charge in [-0.1, -0.05) is 31.2 Å². The number of carbonyl (C=O) groups excluding carboxylic acids is 1. The molecule has 2 aliphatic rings. The lowest BCUT2D eigenvalue weighted by molar-refractivity contribution is 0.100. The maximum atomic E-state index is 11.4. The van der Waals surface area contributed by atoms with Gasteiger partial charge >= 0.3 is 0 Å². The van der Waals surface area contributed by atoms with Crippen LogP contribution in [0.15, 0.2) is 48.5 Å². The third kappa shape index (κ3) is 2.69. The molecular weight excluding hydrogens is 322 g/mol. The van der Waals surface area contributed by atoms with Crippen LogP contribution >= 0.6 is 0 Å². The fourth-order valence-electron chi connectivity index (χ4n) is 4.99. The zero-order chi connectivity index (χ0) is 18.1. The number of anilines is 1. The Labute approximate surface area is 155 Å². The van der Waals surface area contributed by atoms with E-state index in [-0.39, 0.29) is 11.4 Å². The van der Waals surface area contributed by atoms with Crippen LogP contribution in [0.3, 0.4) is 0 Å². The minimum atomic E-state index is -0.372. The van der Waals surface area contributed by atoms with Gasteiger partial charge in [0.2, 0.25) is 5.91 Å². The van der Waals surface area contributed by atoms with E-state index in [0.29, 0.717) is 11.5 Å². The highest BCUT2D eigenvalue weighted by Gasteiger charge is 2.46. The molecule has 136 valence electrons. The molecule has 3 N–H and O–H groups in total. The smallest absolute Gasteiger partial charge is 0.248 e. The largest absolute Gasteiger partial charge is 0.366 e. The topological polar surface area (TPSA) is 58.4 Å². The Hall–Kier alpha value is -2.33. The molecule has 2 aromatic carbocycles. The molecule has 0 bridgehead atoms. The van der Waals surface area contributed by atoms with Crippen molar-refractivity contribution in [1.29, 1.82) is 0 Å². The van der Waals surface area contributed by atoms with E-state index in [1.54, 1.807) is 0 Å². The van der Waals surface area contributed by atoms with Crippen molar-refractivity contribution in [3.8, 4) is 0 Å². The molecule has 0 spiro atoms. The summed E-state index contributed by atoms with van der Waals surface area (Å²) >= 11 is 0. The zero-order valence-electron chi connectivity index (χ0n) is 15.4. The summed E-state index contributed by atoms with van der Waals surface area (Å²) < 4.78 is 0. The van der Waals surface area contributed by atoms with E-state index in [9.17, 15) is 4.79 Å². The van der Waals surface area contributed by atoms with Crippen LogP contribution < -0.4 is 16.0 Å². The molecule has 0 aromatic heterocycles. The Bertz CT molecular complexity index is 801. The van der Waals surface area contributed by atoms with Crippen molar-refractivity contribution in [3.05, 3.63) is 65.2 Å². The van der Waals surface area contributed by atoms with E-state index in [1.165, 1.54) is 23.2 Å². The van der Waals surface area contributed by atoms with Crippen LogP contribution in [-0.4, -0.2) is 31.1 Å². The molecule has 4 heteroatoms. The van der Waals surface area contributed by atoms with Crippen molar-refractivity contribution >= 4 is 11.6 Å². The summed E-state index contributed by atoms with van der Waals surface area (Å²) in [4.78, 5) is 14.0. The molecule has 1 saturated heterocycles. The van der Waals surface area contributed by atoms with Crippen molar-refractivity contribution in [2.75, 3.05) is 24.5 Å². The summed E-state index contributed by atoms with van der Waals surface area (Å²) in [7, 11) is 0. The lowest BCUT2D eigenvalue weighted by Gasteiger charge is -2.52. The summed E-state index contributed by atoms with van der Waals surface area (Å²) in [5.74, 6) is 0.149. The van der Waals surface area contributed by atoms with Crippen LogP contribution in [0.25, 0.3) is 0 Å². The van der Waals surface area contributed by atoms with E-state index in [0.717, 1.165) is 32.5 Å². The molecule has 0 saturated carbocycles. The van der Waals surface area contributed by atoms with Crippen molar-refractivity contribution < 1.29 is 4.79 Å². The van der Waals surface area contributed by atoms with Crippen molar-refractivity contribution in [1.82, 2.24) is 5.32 Å². The molecule has 4 nitrogen and oxygen atoms in total. The van der Waals surface area contributed by atoms with E-state index < -0.39 is 0 Å². The lowest BCUT2D eigenvalue weighted by Crippen LogP contribution is -2.64. The molecule has 2 atom stereocenters. The number of aryl methyl sites for hydroxylation is 1. The highest BCUT2D eigenvalue weighted by atomic mass is 16.1. The van der Waals surface area contributed by atoms with Gasteiger partial charge in [0.15, 0.2) is 0 Å². The van der Waals surface area contributed by atoms with Crippen LogP contribution in [-0.2, 0) is 6.42 Å². The number of hydrogen-bond acceptors (Lipinski definition) is 3. The van der Waals surface area contributed by atoms with Gasteiger partial charge in [0, 0.05) is 36.8 Å². The number of benzene rings is 2. The van der Waals surface area contributed by atoms with E-state index in [4.69, 9.17) is 5.73 Å². The molecule has 26 heavy (non-hydrogen) atoms. The third-order valence-electron chi connectivity index (χ3n) is 6.34. The number of amides is 1. The predicted octanol–water partition coefficient (Wildman–Crippen LogP) is 3.07. The first kappa shape index (κ1) is 17.1. The summed E-state index contributed by atoms with van der Waals surface area (Å²) in [5.41, 5.74) is 10.2. The Morgan fingerprint density at radius 3 is 2.73 bits per heavy atom. The zero-order valence-corrected chi connectivity index (χ0v) is 15.4. The number of hydrogen-bond donors (Lipinski definition) is 2. The first-order valence-corrected chi connectivity index (χ1v) is 9.62. The monoisotopic (exact) mass is 349 g/mol. The first-order chi connectivity index (χ1) is 12.7. The standard InChI is InChI=1S/C22H27N3O/c1-2-22(20-12-9-16-5-3-4-6-19(16)20)15-24-13-14-25(22)18-10-7-17(8-11-18)21(23)26/h3-8,10-11,20,24H,2,9,12-15H2,1H3,(H2,23,26). The van der Waals surface area contributed by atoms with E-state index >= 15 is 0 Å². The van der Waals surface area contributed by atoms with Gasteiger partial charge in [0.05, 0.1) is 5.54 Å². The third-order valence-corrected chi connectivity index (χ3v) is 6.34. The van der Waals surface area contributed by atoms with Crippen LogP contribution in [0.5, 0.6) is 0 Å². The van der Waals surface area contributed by atoms with Gasteiger partial charge in [0.25, 0.3) is 0 Å². The minimum Gasteiger partial charge on any atom is -0.366 e. The van der Waals surface area contributed by atoms with Crippen LogP contribution in [0.4, 0.5) is 5.69 Å². The maximum Gasteiger partial charge on any atom is 0.248 e. The SMILES string of the molecule is CCC1(C2CCc3ccccc32)CNCCN1c1ccc(C(N)=O)cc1. The number of fused-ring (bicyclic) bond motifs is 1. The highest BCUT2D eigenvalue weighted by molar-refractivity contribution is 5.93. The summed E-state index contributed by atoms with van der Waals surface area (Å²) in [6.45, 7) is 5.24. The average Bonchev–Trinajstić information content (AvgIpc) is 3.12. The number of primary amides is 1. The lowest BCUT2D eigenvalue weighted by atomic mass is 9.75. The highest BCUT2D eigenvalue weighted by Crippen LogP contribution is 2.46. The Morgan fingerprint density at radius 1 is 1.23 bits per heavy atom. The molecule has 1 heterocycles. The van der Waals surface area contributed by atoms with Crippen molar-refractivity contribution in [2.24, 2.45) is 5.73 Å². The molecule has 1 amide bonds. The fourth-order valence-corrected chi connectivity index (χ4v) is 4.99. The van der Waals surface area contributed by atoms with Gasteiger partial charge in [-0.05, 0) is 54.7 Å². The average molecular weight is 349 g/mol. The maximum absolute atomic E-state index is 11.4. The van der Waals surface area contributed by atoms with Gasteiger partial charge in [-0.2, -0.15) is 0 Å². The molecular formula is C22H27N3O. The summed E-state index contributed by atoms with van der Waals surface area (Å²) in [6.07, 6.45) is 3.44. The Kier molecular flexibility index (Phi) is 4.45. The second kappa shape index (κ2) is 6.76. The Balaban J connectivity index is 1.74. The molecule has 1 aliphatic heterocycles. The van der Waals surface area contributed by atoms with Gasteiger partial charge in [-0.25, -0.2) is 0 Å². The van der Waals surface area contributed by atoms with Gasteiger partial charge in [-0.15, -0.1) is 0 Å². The first-order valence-electron chi connectivity index (χ1n) is 9.62. The predicted molar refractivity (Wildman–Crippen MR) is 106 cm³/mol. The molecule has 4 rings (SSSR count). The molecule has 0 radical (unpaired) electrons. The molecule has 2 unspecified atom stereocenters. The van der Waals surface area contributed by atoms with Gasteiger partial charge < -0.3 is 16.0 Å². The van der Waals surface area contributed by atoms with Gasteiger partial charge in [-0.3, -0.25) is 4.79 Å². The number of rotatable bonds is 4. The van der Waals surface area contributed by atoms with Crippen LogP contribution in [0.2, 0.25) is 0 Å². The van der Waals surface area contributed by atoms with Crippen LogP contribution in [0.1, 0.15) is 47.2 Å². The van der Waals surface area contributed by atoms with Gasteiger partial charge in [0.1, 0.15) is 0 Å². The fraction of sp³-hybridized carbons (Fsp3) is 0.409. The molecule has 1 fully saturated rings. The second-order valence-corrected chi connectivity index (χ2v) is 7.49. The Morgan fingerprint density at radius 2 is 2.00 bits per heavy atom.